The number of carbonyl (C=O) groups is 2. The molecule has 0 fully saturated rings. The molecule has 0 aliphatic rings. The number of nitrogens with one attached hydrogen (secondary N) is 2. The molecular formula is C13H20N2O5S. The standard InChI is InChI=1S/C13H20N2O5S/c1-6-20-11(16)10-8(2)14-7-9(10)15-12(17)13(3,4)21(5,18)19/h7,14H,6H2,1-5H3,(H,15,17). The zero-order valence-corrected chi connectivity index (χ0v) is 13.6. The van der Waals surface area contributed by atoms with E-state index in [1.54, 1.807) is 13.8 Å². The summed E-state index contributed by atoms with van der Waals surface area (Å²) in [5, 5.41) is 2.47. The minimum atomic E-state index is -3.60. The predicted octanol–water partition coefficient (Wildman–Crippen LogP) is 1.26. The third-order valence-electron chi connectivity index (χ3n) is 3.28. The molecule has 0 spiro atoms. The normalized spacial score (nSPS) is 12.0. The Kier molecular flexibility index (Phi) is 4.83. The summed E-state index contributed by atoms with van der Waals surface area (Å²) in [4.78, 5) is 26.8. The quantitative estimate of drug-likeness (QED) is 0.796. The van der Waals surface area contributed by atoms with Gasteiger partial charge in [0.15, 0.2) is 9.84 Å². The molecule has 1 aromatic heterocycles. The highest BCUT2D eigenvalue weighted by molar-refractivity contribution is 7.92. The van der Waals surface area contributed by atoms with Crippen LogP contribution in [0.15, 0.2) is 6.20 Å². The number of aromatic nitrogens is 1. The monoisotopic (exact) mass is 316 g/mol. The van der Waals surface area contributed by atoms with E-state index in [1.807, 2.05) is 0 Å². The zero-order chi connectivity index (χ0) is 16.4. The van der Waals surface area contributed by atoms with Gasteiger partial charge in [-0.05, 0) is 27.7 Å². The van der Waals surface area contributed by atoms with E-state index in [-0.39, 0.29) is 17.9 Å². The Morgan fingerprint density at radius 1 is 1.38 bits per heavy atom. The summed E-state index contributed by atoms with van der Waals surface area (Å²) in [6.45, 7) is 6.14. The molecule has 0 aliphatic heterocycles. The average molecular weight is 316 g/mol. The Morgan fingerprint density at radius 3 is 2.43 bits per heavy atom. The topological polar surface area (TPSA) is 105 Å². The number of ether oxygens (including phenoxy) is 1. The second kappa shape index (κ2) is 5.88. The summed E-state index contributed by atoms with van der Waals surface area (Å²) in [6.07, 6.45) is 2.42. The largest absolute Gasteiger partial charge is 0.462 e. The van der Waals surface area contributed by atoms with Crippen LogP contribution in [-0.2, 0) is 19.4 Å². The van der Waals surface area contributed by atoms with E-state index in [4.69, 9.17) is 4.74 Å². The molecule has 0 aliphatic carbocycles. The molecule has 118 valence electrons. The van der Waals surface area contributed by atoms with E-state index < -0.39 is 26.5 Å². The molecule has 21 heavy (non-hydrogen) atoms. The summed E-state index contributed by atoms with van der Waals surface area (Å²) in [5.74, 6) is -1.29. The lowest BCUT2D eigenvalue weighted by atomic mass is 10.1. The van der Waals surface area contributed by atoms with Crippen LogP contribution in [-0.4, -0.2) is 42.9 Å². The van der Waals surface area contributed by atoms with E-state index in [9.17, 15) is 18.0 Å². The fraction of sp³-hybridized carbons (Fsp3) is 0.538. The number of anilines is 1. The van der Waals surface area contributed by atoms with Crippen LogP contribution < -0.4 is 5.32 Å². The van der Waals surface area contributed by atoms with Crippen LogP contribution in [0.5, 0.6) is 0 Å². The van der Waals surface area contributed by atoms with Crippen molar-refractivity contribution in [3.05, 3.63) is 17.5 Å². The first-order valence-corrected chi connectivity index (χ1v) is 8.27. The van der Waals surface area contributed by atoms with Crippen LogP contribution in [0.2, 0.25) is 0 Å². The summed E-state index contributed by atoms with van der Waals surface area (Å²) >= 11 is 0. The highest BCUT2D eigenvalue weighted by Crippen LogP contribution is 2.23. The lowest BCUT2D eigenvalue weighted by Crippen LogP contribution is -2.44. The Hall–Kier alpha value is -1.83. The minimum absolute atomic E-state index is 0.189. The molecule has 0 saturated carbocycles. The van der Waals surface area contributed by atoms with Crippen molar-refractivity contribution in [2.45, 2.75) is 32.4 Å². The molecule has 0 radical (unpaired) electrons. The van der Waals surface area contributed by atoms with Gasteiger partial charge >= 0.3 is 5.97 Å². The van der Waals surface area contributed by atoms with Gasteiger partial charge in [-0.25, -0.2) is 13.2 Å². The van der Waals surface area contributed by atoms with Gasteiger partial charge in [-0.1, -0.05) is 0 Å². The van der Waals surface area contributed by atoms with E-state index in [1.165, 1.54) is 20.0 Å². The molecule has 7 nitrogen and oxygen atoms in total. The van der Waals surface area contributed by atoms with Gasteiger partial charge in [0.2, 0.25) is 5.91 Å². The van der Waals surface area contributed by atoms with Gasteiger partial charge in [0.05, 0.1) is 12.3 Å². The summed E-state index contributed by atoms with van der Waals surface area (Å²) < 4.78 is 26.6. The van der Waals surface area contributed by atoms with E-state index in [0.717, 1.165) is 6.26 Å². The number of esters is 1. The lowest BCUT2D eigenvalue weighted by Gasteiger charge is -2.21. The Morgan fingerprint density at radius 2 is 1.95 bits per heavy atom. The second-order valence-corrected chi connectivity index (χ2v) is 7.72. The Balaban J connectivity index is 3.11. The number of sulfone groups is 1. The Labute approximate surface area is 124 Å². The molecule has 0 bridgehead atoms. The maximum atomic E-state index is 12.2. The van der Waals surface area contributed by atoms with Crippen molar-refractivity contribution >= 4 is 27.4 Å². The van der Waals surface area contributed by atoms with Gasteiger partial charge in [0.1, 0.15) is 10.3 Å². The van der Waals surface area contributed by atoms with Crippen LogP contribution in [0.4, 0.5) is 5.69 Å². The first-order chi connectivity index (χ1) is 9.52. The fourth-order valence-corrected chi connectivity index (χ4v) is 1.92. The van der Waals surface area contributed by atoms with Crippen molar-refractivity contribution in [2.24, 2.45) is 0 Å². The molecule has 0 unspecified atom stereocenters. The van der Waals surface area contributed by atoms with Crippen LogP contribution in [0.3, 0.4) is 0 Å². The number of H-pyrrole nitrogens is 1. The number of rotatable bonds is 5. The first-order valence-electron chi connectivity index (χ1n) is 6.38. The molecule has 8 heteroatoms. The molecule has 2 N–H and O–H groups in total. The molecule has 1 heterocycles. The fourth-order valence-electron chi connectivity index (χ4n) is 1.53. The summed E-state index contributed by atoms with van der Waals surface area (Å²) in [7, 11) is -3.60. The molecule has 1 rings (SSSR count). The highest BCUT2D eigenvalue weighted by Gasteiger charge is 2.39. The van der Waals surface area contributed by atoms with Gasteiger partial charge in [-0.2, -0.15) is 0 Å². The predicted molar refractivity (Wildman–Crippen MR) is 79.0 cm³/mol. The summed E-state index contributed by atoms with van der Waals surface area (Å²) in [5.41, 5.74) is 0.920. The lowest BCUT2D eigenvalue weighted by molar-refractivity contribution is -0.117. The first kappa shape index (κ1) is 17.2. The van der Waals surface area contributed by atoms with Crippen molar-refractivity contribution in [1.29, 1.82) is 0 Å². The number of carbonyl (C=O) groups excluding carboxylic acids is 2. The zero-order valence-electron chi connectivity index (χ0n) is 12.7. The van der Waals surface area contributed by atoms with Crippen molar-refractivity contribution in [3.63, 3.8) is 0 Å². The molecule has 0 saturated heterocycles. The van der Waals surface area contributed by atoms with E-state index in [0.29, 0.717) is 5.69 Å². The van der Waals surface area contributed by atoms with Crippen molar-refractivity contribution in [2.75, 3.05) is 18.2 Å². The van der Waals surface area contributed by atoms with Crippen molar-refractivity contribution in [3.8, 4) is 0 Å². The highest BCUT2D eigenvalue weighted by atomic mass is 32.2. The maximum absolute atomic E-state index is 12.2. The number of aromatic amines is 1. The number of aryl methyl sites for hydroxylation is 1. The van der Waals surface area contributed by atoms with Crippen molar-refractivity contribution in [1.82, 2.24) is 4.98 Å². The van der Waals surface area contributed by atoms with Crippen LogP contribution in [0.1, 0.15) is 36.8 Å². The molecule has 1 amide bonds. The third-order valence-corrected chi connectivity index (χ3v) is 5.32. The van der Waals surface area contributed by atoms with Gasteiger partial charge in [0, 0.05) is 18.1 Å². The average Bonchev–Trinajstić information content (AvgIpc) is 2.69. The number of hydrogen-bond donors (Lipinski definition) is 2. The maximum Gasteiger partial charge on any atom is 0.342 e. The summed E-state index contributed by atoms with van der Waals surface area (Å²) in [6, 6.07) is 0. The molecule has 0 atom stereocenters. The van der Waals surface area contributed by atoms with Crippen LogP contribution in [0, 0.1) is 6.92 Å². The van der Waals surface area contributed by atoms with Crippen LogP contribution in [0.25, 0.3) is 0 Å². The minimum Gasteiger partial charge on any atom is -0.462 e. The number of hydrogen-bond acceptors (Lipinski definition) is 5. The smallest absolute Gasteiger partial charge is 0.342 e. The van der Waals surface area contributed by atoms with Gasteiger partial charge in [-0.15, -0.1) is 0 Å². The third kappa shape index (κ3) is 3.44. The van der Waals surface area contributed by atoms with Crippen molar-refractivity contribution < 1.29 is 22.7 Å². The van der Waals surface area contributed by atoms with Gasteiger partial charge < -0.3 is 15.0 Å². The van der Waals surface area contributed by atoms with Crippen LogP contribution >= 0.6 is 0 Å². The SMILES string of the molecule is CCOC(=O)c1c(NC(=O)C(C)(C)S(C)(=O)=O)c[nH]c1C. The molecular weight excluding hydrogens is 296 g/mol. The van der Waals surface area contributed by atoms with E-state index >= 15 is 0 Å². The van der Waals surface area contributed by atoms with Gasteiger partial charge in [-0.3, -0.25) is 4.79 Å². The van der Waals surface area contributed by atoms with Gasteiger partial charge in [0.25, 0.3) is 0 Å². The Bertz CT molecular complexity index is 658. The molecule has 1 aromatic rings. The second-order valence-electron chi connectivity index (χ2n) is 5.16. The molecule has 0 aromatic carbocycles. The number of amides is 1. The van der Waals surface area contributed by atoms with E-state index in [2.05, 4.69) is 10.3 Å².